The third-order valence-corrected chi connectivity index (χ3v) is 15.5. The van der Waals surface area contributed by atoms with Gasteiger partial charge >= 0.3 is 0 Å². The van der Waals surface area contributed by atoms with Crippen molar-refractivity contribution >= 4 is 22.3 Å². The monoisotopic (exact) mass is 1070 g/mol. The van der Waals surface area contributed by atoms with Crippen molar-refractivity contribution in [2.24, 2.45) is 5.92 Å². The number of carbonyl (C=O) groups is 2. The highest BCUT2D eigenvalue weighted by atomic mass is 16.7. The summed E-state index contributed by atoms with van der Waals surface area (Å²) in [5, 5.41) is 119. The third kappa shape index (κ3) is 12.0. The second-order valence-electron chi connectivity index (χ2n) is 21.0. The minimum atomic E-state index is -1.95. The average molecular weight is 1070 g/mol. The summed E-state index contributed by atoms with van der Waals surface area (Å²) < 4.78 is 66.3. The number of hydrogen-bond donors (Lipinski definition) is 11. The molecule has 2 aromatic carbocycles. The Morgan fingerprint density at radius 2 is 1.04 bits per heavy atom. The second-order valence-corrected chi connectivity index (χ2v) is 21.0. The molecule has 5 heterocycles. The summed E-state index contributed by atoms with van der Waals surface area (Å²) in [4.78, 5) is 28.9. The summed E-state index contributed by atoms with van der Waals surface area (Å²) in [5.41, 5.74) is 0.0678. The van der Waals surface area contributed by atoms with Crippen molar-refractivity contribution < 1.29 is 118 Å². The standard InChI is InChI=1S/C51H74O24/c1-17-29(71-35-14-30(44(59)21(5)68-35)72-33-12-27(53)42(57)19(3)66-33)11-25-9-24-10-26(50(65-8)49(64)41(56)18(2)52)51(48(63)39(24)47(62)38(25)40(17)55)75-37-16-32(46(61)23(7)70-37)74-36-15-31(45(60)22(6)69-36)73-34-13-28(54)43(58)20(4)67-34/h9,11,18-23,26-28,30-37,41-46,50-62H,10,12-16H2,1-8H3/t18-,19?,20?,21?,22?,23?,26+,27-,28-,30-,31-,32-,33+,34+,35+,36+,37+,41+,42+,43+,44+,45+,46+,50+,51+/m1/s1. The summed E-state index contributed by atoms with van der Waals surface area (Å²) >= 11 is 0. The first kappa shape index (κ1) is 57.8. The van der Waals surface area contributed by atoms with Crippen molar-refractivity contribution in [3.05, 3.63) is 28.8 Å². The predicted molar refractivity (Wildman–Crippen MR) is 254 cm³/mol. The average Bonchev–Trinajstić information content (AvgIpc) is 3.34. The number of fused-ring (bicyclic) bond motifs is 2. The van der Waals surface area contributed by atoms with E-state index in [0.29, 0.717) is 0 Å². The highest BCUT2D eigenvalue weighted by Gasteiger charge is 2.51. The molecule has 0 aromatic heterocycles. The van der Waals surface area contributed by atoms with E-state index in [-0.39, 0.29) is 71.7 Å². The van der Waals surface area contributed by atoms with E-state index >= 15 is 4.79 Å². The number of hydrogen-bond acceptors (Lipinski definition) is 24. The zero-order valence-electron chi connectivity index (χ0n) is 43.1. The molecular formula is C51H74O24. The van der Waals surface area contributed by atoms with Gasteiger partial charge in [0.25, 0.3) is 0 Å². The first-order valence-electron chi connectivity index (χ1n) is 25.7. The van der Waals surface area contributed by atoms with Crippen molar-refractivity contribution in [2.45, 2.75) is 234 Å². The molecule has 5 fully saturated rings. The zero-order valence-corrected chi connectivity index (χ0v) is 43.1. The lowest BCUT2D eigenvalue weighted by molar-refractivity contribution is -0.329. The van der Waals surface area contributed by atoms with E-state index in [0.717, 1.165) is 0 Å². The molecule has 2 aromatic rings. The van der Waals surface area contributed by atoms with Gasteiger partial charge in [-0.05, 0) is 78.0 Å². The molecule has 5 aliphatic heterocycles. The largest absolute Gasteiger partial charge is 0.507 e. The number of phenols is 2. The van der Waals surface area contributed by atoms with Crippen LogP contribution in [0.15, 0.2) is 12.1 Å². The van der Waals surface area contributed by atoms with Gasteiger partial charge in [0.05, 0.1) is 78.1 Å². The number of aromatic hydroxyl groups is 2. The summed E-state index contributed by atoms with van der Waals surface area (Å²) in [7, 11) is 1.18. The maximum Gasteiger partial charge on any atom is 0.202 e. The number of methoxy groups -OCH3 is 1. The molecule has 24 nitrogen and oxygen atoms in total. The van der Waals surface area contributed by atoms with Crippen LogP contribution in [0.5, 0.6) is 17.2 Å². The Kier molecular flexibility index (Phi) is 18.2. The lowest BCUT2D eigenvalue weighted by Crippen LogP contribution is -2.57. The van der Waals surface area contributed by atoms with Gasteiger partial charge in [-0.3, -0.25) is 9.59 Å². The van der Waals surface area contributed by atoms with Gasteiger partial charge in [-0.2, -0.15) is 0 Å². The van der Waals surface area contributed by atoms with Crippen LogP contribution in [0.2, 0.25) is 0 Å². The Labute approximate surface area is 432 Å². The quantitative estimate of drug-likeness (QED) is 0.106. The van der Waals surface area contributed by atoms with Crippen LogP contribution in [-0.4, -0.2) is 222 Å². The van der Waals surface area contributed by atoms with Gasteiger partial charge in [-0.25, -0.2) is 0 Å². The molecule has 422 valence electrons. The number of rotatable bonds is 15. The van der Waals surface area contributed by atoms with E-state index in [1.54, 1.807) is 27.7 Å². The molecule has 5 saturated heterocycles. The first-order chi connectivity index (χ1) is 35.4. The maximum absolute atomic E-state index is 15.0. The third-order valence-electron chi connectivity index (χ3n) is 15.5. The van der Waals surface area contributed by atoms with Crippen LogP contribution in [0, 0.1) is 12.8 Å². The van der Waals surface area contributed by atoms with E-state index in [4.69, 9.17) is 52.1 Å². The number of phenolic OH excluding ortho intramolecular Hbond substituents is 2. The molecule has 25 atom stereocenters. The van der Waals surface area contributed by atoms with E-state index in [2.05, 4.69) is 0 Å². The number of aliphatic hydroxyl groups is 9. The molecular weight excluding hydrogens is 997 g/mol. The number of ether oxygens (including phenoxy) is 11. The Hall–Kier alpha value is -3.32. The van der Waals surface area contributed by atoms with E-state index in [9.17, 15) is 61.0 Å². The van der Waals surface area contributed by atoms with Crippen LogP contribution in [0.25, 0.3) is 10.8 Å². The minimum absolute atomic E-state index is 0.0357. The lowest BCUT2D eigenvalue weighted by atomic mass is 9.75. The molecule has 11 N–H and O–H groups in total. The highest BCUT2D eigenvalue weighted by molar-refractivity contribution is 6.11. The van der Waals surface area contributed by atoms with Gasteiger partial charge in [0.2, 0.25) is 6.29 Å². The number of carbonyl (C=O) groups excluding carboxylic acids is 2. The molecule has 8 rings (SSSR count). The smallest absolute Gasteiger partial charge is 0.202 e. The fourth-order valence-corrected chi connectivity index (χ4v) is 11.0. The van der Waals surface area contributed by atoms with Gasteiger partial charge in [-0.15, -0.1) is 0 Å². The van der Waals surface area contributed by atoms with Gasteiger partial charge < -0.3 is 108 Å². The lowest BCUT2D eigenvalue weighted by Gasteiger charge is -2.45. The van der Waals surface area contributed by atoms with Gasteiger partial charge in [0.15, 0.2) is 36.7 Å². The summed E-state index contributed by atoms with van der Waals surface area (Å²) in [6.45, 7) is 10.6. The number of aliphatic hydroxyl groups excluding tert-OH is 9. The molecule has 75 heavy (non-hydrogen) atoms. The van der Waals surface area contributed by atoms with Crippen LogP contribution in [-0.2, 0) is 58.6 Å². The van der Waals surface area contributed by atoms with Crippen LogP contribution in [0.1, 0.15) is 95.1 Å². The van der Waals surface area contributed by atoms with Crippen molar-refractivity contribution in [3.8, 4) is 17.2 Å². The Bertz CT molecular complexity index is 2290. The minimum Gasteiger partial charge on any atom is -0.507 e. The first-order valence-corrected chi connectivity index (χ1v) is 25.7. The topological polar surface area (TPSA) is 358 Å². The molecule has 6 aliphatic rings. The van der Waals surface area contributed by atoms with Gasteiger partial charge in [0.1, 0.15) is 66.1 Å². The van der Waals surface area contributed by atoms with E-state index in [1.807, 2.05) is 0 Å². The zero-order chi connectivity index (χ0) is 54.6. The molecule has 1 aliphatic carbocycles. The van der Waals surface area contributed by atoms with Crippen molar-refractivity contribution in [1.82, 2.24) is 0 Å². The second kappa shape index (κ2) is 23.6. The van der Waals surface area contributed by atoms with Crippen molar-refractivity contribution in [3.63, 3.8) is 0 Å². The van der Waals surface area contributed by atoms with Crippen LogP contribution < -0.4 is 4.74 Å². The SMILES string of the molecule is CO[C@H](C(=O)[C@@H](O)[C@@H](C)O)[C@@H]1Cc2cc3cc(O[C@H]4C[C@@H](O[C@H]5C[C@@H](O)[C@@H](O)C(C)O5)[C@@H](O)C(C)O4)c(C)c(O)c3c(O)c2C(=O)[C@H]1O[C@H]1C[C@@H](O[C@H]2C[C@@H](O[C@H]3C[C@@H](O)[C@@H](O)C(C)O3)[C@@H](O)C(C)O2)[C@@H](O)C(C)O1. The molecule has 24 heteroatoms. The molecule has 0 bridgehead atoms. The maximum atomic E-state index is 15.0. The molecule has 0 amide bonds. The Morgan fingerprint density at radius 1 is 0.613 bits per heavy atom. The molecule has 0 spiro atoms. The number of Topliss-reactive ketones (excluding diaryl/α,β-unsaturated/α-hetero) is 2. The van der Waals surface area contributed by atoms with Crippen molar-refractivity contribution in [2.75, 3.05) is 7.11 Å². The normalized spacial score (nSPS) is 41.9. The van der Waals surface area contributed by atoms with E-state index < -0.39 is 176 Å². The van der Waals surface area contributed by atoms with Gasteiger partial charge in [0, 0.05) is 50.7 Å². The summed E-state index contributed by atoms with van der Waals surface area (Å²) in [6.07, 6.45) is -27.9. The highest BCUT2D eigenvalue weighted by Crippen LogP contribution is 2.47. The van der Waals surface area contributed by atoms with Crippen LogP contribution in [0.4, 0.5) is 0 Å². The van der Waals surface area contributed by atoms with Gasteiger partial charge in [-0.1, -0.05) is 0 Å². The fourth-order valence-electron chi connectivity index (χ4n) is 11.0. The molecule has 0 saturated carbocycles. The van der Waals surface area contributed by atoms with Crippen LogP contribution in [0.3, 0.4) is 0 Å². The number of ketones is 2. The van der Waals surface area contributed by atoms with Crippen molar-refractivity contribution in [1.29, 1.82) is 0 Å². The Balaban J connectivity index is 1.04. The number of benzene rings is 2. The Morgan fingerprint density at radius 3 is 1.49 bits per heavy atom. The van der Waals surface area contributed by atoms with E-state index in [1.165, 1.54) is 40.0 Å². The predicted octanol–water partition coefficient (Wildman–Crippen LogP) is -0.639. The fraction of sp³-hybridized carbons (Fsp3) is 0.765. The summed E-state index contributed by atoms with van der Waals surface area (Å²) in [6, 6.07) is 3.03. The van der Waals surface area contributed by atoms with Crippen LogP contribution >= 0.6 is 0 Å². The molecule has 5 unspecified atom stereocenters. The summed E-state index contributed by atoms with van der Waals surface area (Å²) in [5.74, 6) is -4.06. The molecule has 0 radical (unpaired) electrons.